The molecule has 0 spiro atoms. The molecule has 0 atom stereocenters. The van der Waals surface area contributed by atoms with Gasteiger partial charge in [0.15, 0.2) is 5.78 Å². The number of nitro groups is 1. The fourth-order valence-corrected chi connectivity index (χ4v) is 1.96. The zero-order valence-corrected chi connectivity index (χ0v) is 12.3. The van der Waals surface area contributed by atoms with Crippen molar-refractivity contribution >= 4 is 11.5 Å². The third kappa shape index (κ3) is 3.91. The van der Waals surface area contributed by atoms with Crippen LogP contribution in [0.5, 0.6) is 5.75 Å². The number of hydrogen-bond acceptors (Lipinski definition) is 4. The molecule has 22 heavy (non-hydrogen) atoms. The molecule has 0 aliphatic rings. The van der Waals surface area contributed by atoms with Gasteiger partial charge in [0.05, 0.1) is 11.5 Å². The van der Waals surface area contributed by atoms with Gasteiger partial charge in [0.2, 0.25) is 0 Å². The number of rotatable bonds is 7. The summed E-state index contributed by atoms with van der Waals surface area (Å²) in [5.41, 5.74) is 0.683. The van der Waals surface area contributed by atoms with E-state index in [9.17, 15) is 14.9 Å². The quantitative estimate of drug-likeness (QED) is 0.335. The van der Waals surface area contributed by atoms with Crippen LogP contribution in [0.15, 0.2) is 48.5 Å². The summed E-state index contributed by atoms with van der Waals surface area (Å²) in [4.78, 5) is 22.6. The summed E-state index contributed by atoms with van der Waals surface area (Å²) < 4.78 is 5.54. The number of carbonyl (C=O) groups is 1. The van der Waals surface area contributed by atoms with Gasteiger partial charge in [-0.05, 0) is 30.7 Å². The summed E-state index contributed by atoms with van der Waals surface area (Å²) in [6, 6.07) is 12.5. The summed E-state index contributed by atoms with van der Waals surface area (Å²) in [6.45, 7) is 2.73. The molecule has 0 N–H and O–H groups in total. The number of ketones is 1. The van der Waals surface area contributed by atoms with Crippen molar-refractivity contribution in [2.75, 3.05) is 6.61 Å². The van der Waals surface area contributed by atoms with E-state index >= 15 is 0 Å². The molecule has 2 rings (SSSR count). The highest BCUT2D eigenvalue weighted by Gasteiger charge is 2.13. The van der Waals surface area contributed by atoms with Crippen LogP contribution >= 0.6 is 0 Å². The highest BCUT2D eigenvalue weighted by molar-refractivity contribution is 6.09. The maximum atomic E-state index is 12.3. The van der Waals surface area contributed by atoms with Crippen molar-refractivity contribution in [1.82, 2.24) is 0 Å². The molecule has 0 amide bonds. The minimum atomic E-state index is -0.512. The summed E-state index contributed by atoms with van der Waals surface area (Å²) in [5.74, 6) is 0.466. The van der Waals surface area contributed by atoms with Crippen molar-refractivity contribution < 1.29 is 14.5 Å². The number of ether oxygens (including phenoxy) is 1. The Hall–Kier alpha value is -2.69. The van der Waals surface area contributed by atoms with E-state index in [1.807, 2.05) is 0 Å². The molecule has 2 aromatic rings. The van der Waals surface area contributed by atoms with Crippen LogP contribution in [-0.2, 0) is 0 Å². The minimum absolute atomic E-state index is 0.0923. The van der Waals surface area contributed by atoms with E-state index in [4.69, 9.17) is 4.74 Å². The zero-order valence-electron chi connectivity index (χ0n) is 12.3. The first-order valence-electron chi connectivity index (χ1n) is 7.14. The maximum absolute atomic E-state index is 12.3. The van der Waals surface area contributed by atoms with Crippen molar-refractivity contribution in [3.63, 3.8) is 0 Å². The van der Waals surface area contributed by atoms with Crippen LogP contribution in [0.2, 0.25) is 0 Å². The van der Waals surface area contributed by atoms with Gasteiger partial charge >= 0.3 is 0 Å². The van der Waals surface area contributed by atoms with Gasteiger partial charge in [-0.25, -0.2) is 0 Å². The maximum Gasteiger partial charge on any atom is 0.270 e. The fraction of sp³-hybridized carbons (Fsp3) is 0.235. The Morgan fingerprint density at radius 2 is 1.86 bits per heavy atom. The molecular weight excluding hydrogens is 282 g/mol. The van der Waals surface area contributed by atoms with Crippen LogP contribution in [0.1, 0.15) is 35.7 Å². The average molecular weight is 299 g/mol. The molecule has 0 unspecified atom stereocenters. The molecule has 0 saturated carbocycles. The number of hydrogen-bond donors (Lipinski definition) is 0. The highest BCUT2D eigenvalue weighted by atomic mass is 16.6. The standard InChI is InChI=1S/C17H17NO4/c1-2-3-11-22-16-9-7-13(8-10-16)17(19)14-5-4-6-15(12-14)18(20)21/h4-10,12H,2-3,11H2,1H3. The van der Waals surface area contributed by atoms with Crippen molar-refractivity contribution in [3.05, 3.63) is 69.8 Å². The Balaban J connectivity index is 2.12. The molecule has 0 aromatic heterocycles. The van der Waals surface area contributed by atoms with Gasteiger partial charge in [-0.2, -0.15) is 0 Å². The number of unbranched alkanes of at least 4 members (excludes halogenated alkanes) is 1. The largest absolute Gasteiger partial charge is 0.494 e. The van der Waals surface area contributed by atoms with E-state index in [1.54, 1.807) is 30.3 Å². The van der Waals surface area contributed by atoms with E-state index in [0.29, 0.717) is 23.5 Å². The van der Waals surface area contributed by atoms with Gasteiger partial charge in [-0.3, -0.25) is 14.9 Å². The molecule has 5 nitrogen and oxygen atoms in total. The molecule has 0 radical (unpaired) electrons. The summed E-state index contributed by atoms with van der Waals surface area (Å²) in [7, 11) is 0. The Morgan fingerprint density at radius 1 is 1.14 bits per heavy atom. The van der Waals surface area contributed by atoms with Crippen LogP contribution in [-0.4, -0.2) is 17.3 Å². The second kappa shape index (κ2) is 7.36. The number of nitro benzene ring substituents is 1. The second-order valence-corrected chi connectivity index (χ2v) is 4.86. The fourth-order valence-electron chi connectivity index (χ4n) is 1.96. The third-order valence-corrected chi connectivity index (χ3v) is 3.20. The zero-order chi connectivity index (χ0) is 15.9. The van der Waals surface area contributed by atoms with Gasteiger partial charge in [0, 0.05) is 23.3 Å². The van der Waals surface area contributed by atoms with Crippen LogP contribution < -0.4 is 4.74 Å². The molecule has 0 fully saturated rings. The lowest BCUT2D eigenvalue weighted by molar-refractivity contribution is -0.384. The molecule has 0 aliphatic heterocycles. The monoisotopic (exact) mass is 299 g/mol. The first-order valence-corrected chi connectivity index (χ1v) is 7.14. The smallest absolute Gasteiger partial charge is 0.270 e. The van der Waals surface area contributed by atoms with Crippen molar-refractivity contribution in [3.8, 4) is 5.75 Å². The Kier molecular flexibility index (Phi) is 5.25. The second-order valence-electron chi connectivity index (χ2n) is 4.86. The number of nitrogens with zero attached hydrogens (tertiary/aromatic N) is 1. The van der Waals surface area contributed by atoms with E-state index < -0.39 is 4.92 Å². The first-order chi connectivity index (χ1) is 10.6. The topological polar surface area (TPSA) is 69.4 Å². The lowest BCUT2D eigenvalue weighted by atomic mass is 10.0. The van der Waals surface area contributed by atoms with Gasteiger partial charge in [-0.1, -0.05) is 25.5 Å². The molecule has 5 heteroatoms. The summed E-state index contributed by atoms with van der Waals surface area (Å²) >= 11 is 0. The van der Waals surface area contributed by atoms with Gasteiger partial charge in [0.1, 0.15) is 5.75 Å². The molecule has 0 saturated heterocycles. The van der Waals surface area contributed by atoms with E-state index in [0.717, 1.165) is 12.8 Å². The van der Waals surface area contributed by atoms with Crippen molar-refractivity contribution in [2.45, 2.75) is 19.8 Å². The Bertz CT molecular complexity index is 665. The first kappa shape index (κ1) is 15.7. The third-order valence-electron chi connectivity index (χ3n) is 3.20. The highest BCUT2D eigenvalue weighted by Crippen LogP contribution is 2.19. The number of non-ortho nitro benzene ring substituents is 1. The van der Waals surface area contributed by atoms with E-state index in [1.165, 1.54) is 18.2 Å². The molecule has 0 heterocycles. The van der Waals surface area contributed by atoms with Crippen molar-refractivity contribution in [1.29, 1.82) is 0 Å². The van der Waals surface area contributed by atoms with Crippen molar-refractivity contribution in [2.24, 2.45) is 0 Å². The predicted molar refractivity (Wildman–Crippen MR) is 83.4 cm³/mol. The number of benzene rings is 2. The summed E-state index contributed by atoms with van der Waals surface area (Å²) in [6.07, 6.45) is 2.04. The predicted octanol–water partition coefficient (Wildman–Crippen LogP) is 4.00. The molecule has 114 valence electrons. The SMILES string of the molecule is CCCCOc1ccc(C(=O)c2cccc([N+](=O)[O-])c2)cc1. The lowest BCUT2D eigenvalue weighted by Crippen LogP contribution is -2.02. The van der Waals surface area contributed by atoms with Gasteiger partial charge in [0.25, 0.3) is 5.69 Å². The van der Waals surface area contributed by atoms with Gasteiger partial charge in [-0.15, -0.1) is 0 Å². The minimum Gasteiger partial charge on any atom is -0.494 e. The van der Waals surface area contributed by atoms with Crippen LogP contribution in [0, 0.1) is 10.1 Å². The Morgan fingerprint density at radius 3 is 2.50 bits per heavy atom. The van der Waals surface area contributed by atoms with E-state index in [-0.39, 0.29) is 11.5 Å². The molecule has 0 aliphatic carbocycles. The summed E-state index contributed by atoms with van der Waals surface area (Å²) in [5, 5.41) is 10.8. The van der Waals surface area contributed by atoms with E-state index in [2.05, 4.69) is 6.92 Å². The van der Waals surface area contributed by atoms with Gasteiger partial charge < -0.3 is 4.74 Å². The molecule has 0 bridgehead atoms. The van der Waals surface area contributed by atoms with Crippen LogP contribution in [0.3, 0.4) is 0 Å². The normalized spacial score (nSPS) is 10.2. The van der Waals surface area contributed by atoms with Crippen LogP contribution in [0.25, 0.3) is 0 Å². The average Bonchev–Trinajstić information content (AvgIpc) is 2.55. The number of carbonyl (C=O) groups excluding carboxylic acids is 1. The molecular formula is C17H17NO4. The van der Waals surface area contributed by atoms with Crippen LogP contribution in [0.4, 0.5) is 5.69 Å². The Labute approximate surface area is 128 Å². The lowest BCUT2D eigenvalue weighted by Gasteiger charge is -2.06. The molecule has 2 aromatic carbocycles.